The number of aryl methyl sites for hydroxylation is 1. The van der Waals surface area contributed by atoms with Crippen LogP contribution in [0.3, 0.4) is 0 Å². The minimum Gasteiger partial charge on any atom is -0.355 e. The maximum Gasteiger partial charge on any atom is 0.226 e. The number of aromatic nitrogens is 2. The van der Waals surface area contributed by atoms with Crippen LogP contribution in [0.2, 0.25) is 10.0 Å². The summed E-state index contributed by atoms with van der Waals surface area (Å²) in [6, 6.07) is 7.37. The Hall–Kier alpha value is -1.17. The molecule has 2 rings (SSSR count). The Balaban J connectivity index is 1.63. The molecule has 118 valence electrons. The molecule has 0 saturated carbocycles. The lowest BCUT2D eigenvalue weighted by Crippen LogP contribution is -2.27. The summed E-state index contributed by atoms with van der Waals surface area (Å²) in [4.78, 5) is 11.7. The van der Waals surface area contributed by atoms with Crippen molar-refractivity contribution in [2.45, 2.75) is 19.1 Å². The summed E-state index contributed by atoms with van der Waals surface area (Å²) in [5.41, 5.74) is 2.77. The molecule has 4 nitrogen and oxygen atoms in total. The highest BCUT2D eigenvalue weighted by Crippen LogP contribution is 2.24. The van der Waals surface area contributed by atoms with Gasteiger partial charge in [0.2, 0.25) is 5.91 Å². The van der Waals surface area contributed by atoms with Gasteiger partial charge in [0.1, 0.15) is 0 Å². The standard InChI is InChI=1S/C15H17Cl2N3OS/c1-10-6-13(20-19-10)8-15(21)18-4-5-22-9-11-2-3-12(16)7-14(11)17/h2-3,6-7H,4-5,8-9H2,1H3,(H,18,21)(H,19,20). The van der Waals surface area contributed by atoms with Crippen molar-refractivity contribution >= 4 is 40.9 Å². The van der Waals surface area contributed by atoms with Gasteiger partial charge in [0.25, 0.3) is 0 Å². The van der Waals surface area contributed by atoms with E-state index in [0.717, 1.165) is 28.5 Å². The molecule has 1 heterocycles. The number of amides is 1. The molecule has 0 atom stereocenters. The van der Waals surface area contributed by atoms with Gasteiger partial charge < -0.3 is 5.32 Å². The predicted molar refractivity (Wildman–Crippen MR) is 92.7 cm³/mol. The molecule has 7 heteroatoms. The van der Waals surface area contributed by atoms with Crippen LogP contribution in [0.1, 0.15) is 17.0 Å². The summed E-state index contributed by atoms with van der Waals surface area (Å²) in [6.07, 6.45) is 0.304. The number of nitrogens with one attached hydrogen (secondary N) is 2. The third-order valence-corrected chi connectivity index (χ3v) is 4.54. The van der Waals surface area contributed by atoms with E-state index in [1.54, 1.807) is 17.8 Å². The summed E-state index contributed by atoms with van der Waals surface area (Å²) in [5.74, 6) is 1.60. The summed E-state index contributed by atoms with van der Waals surface area (Å²) in [5, 5.41) is 11.1. The summed E-state index contributed by atoms with van der Waals surface area (Å²) in [6.45, 7) is 2.53. The van der Waals surface area contributed by atoms with Crippen LogP contribution in [0.25, 0.3) is 0 Å². The number of benzene rings is 1. The van der Waals surface area contributed by atoms with Gasteiger partial charge in [-0.05, 0) is 30.7 Å². The SMILES string of the molecule is Cc1cc(CC(=O)NCCSCc2ccc(Cl)cc2Cl)n[nH]1. The van der Waals surface area contributed by atoms with Gasteiger partial charge in [-0.25, -0.2) is 0 Å². The number of rotatable bonds is 7. The molecule has 0 saturated heterocycles. The largest absolute Gasteiger partial charge is 0.355 e. The molecule has 0 aliphatic carbocycles. The molecule has 0 unspecified atom stereocenters. The Bertz CT molecular complexity index is 645. The molecule has 0 bridgehead atoms. The third kappa shape index (κ3) is 5.55. The molecule has 0 radical (unpaired) electrons. The lowest BCUT2D eigenvalue weighted by atomic mass is 10.2. The van der Waals surface area contributed by atoms with Crippen molar-refractivity contribution in [2.75, 3.05) is 12.3 Å². The third-order valence-electron chi connectivity index (χ3n) is 2.94. The second kappa shape index (κ2) is 8.46. The highest BCUT2D eigenvalue weighted by Gasteiger charge is 2.06. The Kier molecular flexibility index (Phi) is 6.61. The zero-order chi connectivity index (χ0) is 15.9. The van der Waals surface area contributed by atoms with Gasteiger partial charge in [0, 0.05) is 33.8 Å². The minimum absolute atomic E-state index is 0.0170. The van der Waals surface area contributed by atoms with Crippen LogP contribution in [-0.4, -0.2) is 28.4 Å². The van der Waals surface area contributed by atoms with Crippen molar-refractivity contribution < 1.29 is 4.79 Å². The predicted octanol–water partition coefficient (Wildman–Crippen LogP) is 3.62. The van der Waals surface area contributed by atoms with E-state index in [-0.39, 0.29) is 5.91 Å². The van der Waals surface area contributed by atoms with E-state index in [0.29, 0.717) is 23.0 Å². The van der Waals surface area contributed by atoms with E-state index in [2.05, 4.69) is 15.5 Å². The first-order valence-corrected chi connectivity index (χ1v) is 8.75. The maximum atomic E-state index is 11.7. The second-order valence-corrected chi connectivity index (χ2v) is 6.81. The number of halogens is 2. The first kappa shape index (κ1) is 17.2. The molecule has 0 aliphatic rings. The molecule has 0 fully saturated rings. The fraction of sp³-hybridized carbons (Fsp3) is 0.333. The lowest BCUT2D eigenvalue weighted by molar-refractivity contribution is -0.120. The number of aromatic amines is 1. The van der Waals surface area contributed by atoms with Crippen LogP contribution in [0.4, 0.5) is 0 Å². The number of carbonyl (C=O) groups is 1. The molecule has 2 aromatic rings. The molecular formula is C15H17Cl2N3OS. The minimum atomic E-state index is -0.0170. The van der Waals surface area contributed by atoms with Crippen molar-refractivity contribution in [2.24, 2.45) is 0 Å². The van der Waals surface area contributed by atoms with Crippen molar-refractivity contribution in [3.8, 4) is 0 Å². The molecule has 1 aromatic heterocycles. The Morgan fingerprint density at radius 1 is 1.36 bits per heavy atom. The van der Waals surface area contributed by atoms with E-state index in [9.17, 15) is 4.79 Å². The van der Waals surface area contributed by atoms with Gasteiger partial charge in [-0.1, -0.05) is 29.3 Å². The van der Waals surface area contributed by atoms with Gasteiger partial charge in [-0.15, -0.1) is 0 Å². The quantitative estimate of drug-likeness (QED) is 0.744. The van der Waals surface area contributed by atoms with Crippen molar-refractivity contribution in [3.63, 3.8) is 0 Å². The van der Waals surface area contributed by atoms with E-state index in [1.807, 2.05) is 25.1 Å². The molecule has 0 aliphatic heterocycles. The molecule has 0 spiro atoms. The lowest BCUT2D eigenvalue weighted by Gasteiger charge is -2.06. The monoisotopic (exact) mass is 357 g/mol. The average molecular weight is 358 g/mol. The van der Waals surface area contributed by atoms with Crippen molar-refractivity contribution in [1.82, 2.24) is 15.5 Å². The number of hydrogen-bond donors (Lipinski definition) is 2. The summed E-state index contributed by atoms with van der Waals surface area (Å²) >= 11 is 13.7. The summed E-state index contributed by atoms with van der Waals surface area (Å²) in [7, 11) is 0. The average Bonchev–Trinajstić information content (AvgIpc) is 2.86. The highest BCUT2D eigenvalue weighted by molar-refractivity contribution is 7.98. The first-order valence-electron chi connectivity index (χ1n) is 6.84. The van der Waals surface area contributed by atoms with Crippen LogP contribution >= 0.6 is 35.0 Å². The van der Waals surface area contributed by atoms with Gasteiger partial charge >= 0.3 is 0 Å². The second-order valence-electron chi connectivity index (χ2n) is 4.86. The van der Waals surface area contributed by atoms with E-state index < -0.39 is 0 Å². The van der Waals surface area contributed by atoms with Gasteiger partial charge in [0.05, 0.1) is 12.1 Å². The molecule has 22 heavy (non-hydrogen) atoms. The van der Waals surface area contributed by atoms with Gasteiger partial charge in [-0.3, -0.25) is 9.89 Å². The number of hydrogen-bond acceptors (Lipinski definition) is 3. The first-order chi connectivity index (χ1) is 10.5. The van der Waals surface area contributed by atoms with Gasteiger partial charge in [-0.2, -0.15) is 16.9 Å². The highest BCUT2D eigenvalue weighted by atomic mass is 35.5. The summed E-state index contributed by atoms with van der Waals surface area (Å²) < 4.78 is 0. The normalized spacial score (nSPS) is 10.7. The zero-order valence-electron chi connectivity index (χ0n) is 12.2. The van der Waals surface area contributed by atoms with Crippen molar-refractivity contribution in [1.29, 1.82) is 0 Å². The number of nitrogens with zero attached hydrogens (tertiary/aromatic N) is 1. The van der Waals surface area contributed by atoms with Crippen molar-refractivity contribution in [3.05, 3.63) is 51.3 Å². The topological polar surface area (TPSA) is 57.8 Å². The smallest absolute Gasteiger partial charge is 0.226 e. The fourth-order valence-corrected chi connectivity index (χ4v) is 3.29. The molecule has 2 N–H and O–H groups in total. The van der Waals surface area contributed by atoms with Crippen LogP contribution in [0.5, 0.6) is 0 Å². The van der Waals surface area contributed by atoms with E-state index in [1.165, 1.54) is 0 Å². The van der Waals surface area contributed by atoms with E-state index in [4.69, 9.17) is 23.2 Å². The Morgan fingerprint density at radius 2 is 2.18 bits per heavy atom. The Labute approximate surface area is 144 Å². The van der Waals surface area contributed by atoms with E-state index >= 15 is 0 Å². The Morgan fingerprint density at radius 3 is 2.86 bits per heavy atom. The van der Waals surface area contributed by atoms with Crippen LogP contribution in [-0.2, 0) is 17.0 Å². The van der Waals surface area contributed by atoms with Crippen LogP contribution in [0, 0.1) is 6.92 Å². The van der Waals surface area contributed by atoms with Gasteiger partial charge in [0.15, 0.2) is 0 Å². The fourth-order valence-electron chi connectivity index (χ4n) is 1.88. The number of carbonyl (C=O) groups excluding carboxylic acids is 1. The molecule has 1 aromatic carbocycles. The van der Waals surface area contributed by atoms with Crippen LogP contribution < -0.4 is 5.32 Å². The number of thioether (sulfide) groups is 1. The number of H-pyrrole nitrogens is 1. The maximum absolute atomic E-state index is 11.7. The molecule has 1 amide bonds. The zero-order valence-corrected chi connectivity index (χ0v) is 14.5. The van der Waals surface area contributed by atoms with Crippen LogP contribution in [0.15, 0.2) is 24.3 Å². The molecular weight excluding hydrogens is 341 g/mol.